The second-order valence-corrected chi connectivity index (χ2v) is 15.1. The molecule has 3 fully saturated rings. The van der Waals surface area contributed by atoms with Crippen molar-refractivity contribution in [3.63, 3.8) is 0 Å². The number of aliphatic carboxylic acids is 1. The number of piperidine rings is 1. The highest BCUT2D eigenvalue weighted by Gasteiger charge is 2.33. The molecule has 3 aliphatic rings. The second kappa shape index (κ2) is 15.2. The van der Waals surface area contributed by atoms with Gasteiger partial charge in [-0.2, -0.15) is 4.98 Å². The molecule has 3 aromatic heterocycles. The molecule has 1 aliphatic carbocycles. The van der Waals surface area contributed by atoms with E-state index in [1.54, 1.807) is 42.8 Å². The zero-order valence-corrected chi connectivity index (χ0v) is 30.3. The summed E-state index contributed by atoms with van der Waals surface area (Å²) in [4.78, 5) is 46.1. The molecule has 3 N–H and O–H groups in total. The average Bonchev–Trinajstić information content (AvgIpc) is 3.42. The van der Waals surface area contributed by atoms with Crippen molar-refractivity contribution < 1.29 is 15.0 Å². The van der Waals surface area contributed by atoms with Crippen molar-refractivity contribution in [1.29, 1.82) is 0 Å². The maximum atomic E-state index is 13.4. The highest BCUT2D eigenvalue weighted by Crippen LogP contribution is 2.32. The molecule has 1 aromatic carbocycles. The molecule has 0 unspecified atom stereocenters. The highest BCUT2D eigenvalue weighted by atomic mass is 16.4. The van der Waals surface area contributed by atoms with Gasteiger partial charge in [0.05, 0.1) is 12.2 Å². The highest BCUT2D eigenvalue weighted by molar-refractivity contribution is 5.77. The number of hydrogen-bond donors (Lipinski definition) is 3. The van der Waals surface area contributed by atoms with E-state index < -0.39 is 11.6 Å². The van der Waals surface area contributed by atoms with Crippen molar-refractivity contribution in [3.8, 4) is 5.82 Å². The van der Waals surface area contributed by atoms with Crippen molar-refractivity contribution in [3.05, 3.63) is 77.4 Å². The molecule has 276 valence electrons. The smallest absolute Gasteiger partial charge is 0.303 e. The molecule has 13 heteroatoms. The van der Waals surface area contributed by atoms with Crippen LogP contribution in [-0.2, 0) is 16.9 Å². The number of rotatable bonds is 11. The maximum absolute atomic E-state index is 13.4. The number of fused-ring (bicyclic) bond motifs is 1. The number of carboxylic acids is 1. The van der Waals surface area contributed by atoms with Crippen LogP contribution >= 0.6 is 0 Å². The van der Waals surface area contributed by atoms with Gasteiger partial charge in [-0.25, -0.2) is 19.3 Å². The quantitative estimate of drug-likeness (QED) is 0.186. The number of nitrogens with one attached hydrogen (secondary N) is 1. The summed E-state index contributed by atoms with van der Waals surface area (Å²) in [6, 6.07) is 15.0. The lowest BCUT2D eigenvalue weighted by Crippen LogP contribution is -2.52. The number of piperazine rings is 1. The van der Waals surface area contributed by atoms with Gasteiger partial charge in [-0.1, -0.05) is 12.1 Å². The van der Waals surface area contributed by atoms with Gasteiger partial charge in [-0.05, 0) is 108 Å². The number of anilines is 3. The van der Waals surface area contributed by atoms with Crippen LogP contribution in [0.3, 0.4) is 0 Å². The number of benzene rings is 1. The van der Waals surface area contributed by atoms with E-state index in [-0.39, 0.29) is 12.1 Å². The Morgan fingerprint density at radius 3 is 2.19 bits per heavy atom. The summed E-state index contributed by atoms with van der Waals surface area (Å²) in [6.45, 7) is 13.6. The van der Waals surface area contributed by atoms with Crippen LogP contribution in [0.4, 0.5) is 17.3 Å². The van der Waals surface area contributed by atoms with Gasteiger partial charge < -0.3 is 25.3 Å². The van der Waals surface area contributed by atoms with Crippen LogP contribution in [0, 0.1) is 5.92 Å². The Balaban J connectivity index is 0.957. The third-order valence-electron chi connectivity index (χ3n) is 11.2. The van der Waals surface area contributed by atoms with Crippen LogP contribution in [0.5, 0.6) is 0 Å². The Labute approximate surface area is 304 Å². The summed E-state index contributed by atoms with van der Waals surface area (Å²) < 4.78 is 3.17. The fourth-order valence-corrected chi connectivity index (χ4v) is 8.28. The van der Waals surface area contributed by atoms with Gasteiger partial charge in [-0.3, -0.25) is 14.5 Å². The fraction of sp³-hybridized carbons (Fsp3) is 0.513. The number of pyridine rings is 1. The first-order valence-corrected chi connectivity index (χ1v) is 18.7. The Hall–Kier alpha value is -4.59. The molecule has 0 radical (unpaired) electrons. The zero-order chi connectivity index (χ0) is 36.4. The van der Waals surface area contributed by atoms with Crippen LogP contribution in [0.1, 0.15) is 64.5 Å². The molecular formula is C39H51N9O4. The summed E-state index contributed by atoms with van der Waals surface area (Å²) in [7, 11) is 0. The predicted octanol–water partition coefficient (Wildman–Crippen LogP) is 4.75. The van der Waals surface area contributed by atoms with Gasteiger partial charge >= 0.3 is 5.97 Å². The van der Waals surface area contributed by atoms with Crippen LogP contribution < -0.4 is 15.8 Å². The number of aliphatic hydroxyl groups is 1. The minimum atomic E-state index is -1.16. The van der Waals surface area contributed by atoms with E-state index in [9.17, 15) is 14.7 Å². The Kier molecular flexibility index (Phi) is 10.4. The lowest BCUT2D eigenvalue weighted by atomic mass is 9.86. The molecule has 1 saturated carbocycles. The third-order valence-corrected chi connectivity index (χ3v) is 11.2. The number of carbonyl (C=O) groups is 1. The van der Waals surface area contributed by atoms with E-state index in [2.05, 4.69) is 48.7 Å². The average molecular weight is 710 g/mol. The molecule has 7 rings (SSSR count). The van der Waals surface area contributed by atoms with Crippen molar-refractivity contribution in [2.45, 2.75) is 83.0 Å². The number of nitrogens with zero attached hydrogens (tertiary/aromatic N) is 8. The van der Waals surface area contributed by atoms with Gasteiger partial charge in [0.1, 0.15) is 11.0 Å². The number of carboxylic acid groups (broad SMARTS) is 1. The van der Waals surface area contributed by atoms with E-state index in [1.165, 1.54) is 42.2 Å². The van der Waals surface area contributed by atoms with Crippen LogP contribution in [0.15, 0.2) is 66.1 Å². The topological polar surface area (TPSA) is 145 Å². The minimum Gasteiger partial charge on any atom is -0.481 e. The molecular weight excluding hydrogens is 658 g/mol. The monoisotopic (exact) mass is 709 g/mol. The molecule has 0 bridgehead atoms. The molecule has 0 spiro atoms. The summed E-state index contributed by atoms with van der Waals surface area (Å²) in [5.41, 5.74) is 1.50. The van der Waals surface area contributed by atoms with Gasteiger partial charge in [0.15, 0.2) is 11.5 Å². The number of hydrogen-bond acceptors (Lipinski definition) is 10. The standard InChI is InChI=1S/C39H51N9O4/c1-4-18-47-37(51)32-26-40-38(43-36(32)48(47)34-7-5-6-33(42-34)39(2,3)52)41-28-8-10-29(11-9-28)45-21-23-46(24-22-45)31-14-12-30(13-15-31)44-19-16-27(17-20-44)25-35(49)50/h4-11,26-27,30-31,52H,1,12-25H2,2-3H3,(H,49,50)(H,40,41,43). The maximum Gasteiger partial charge on any atom is 0.303 e. The third kappa shape index (κ3) is 7.76. The molecule has 5 heterocycles. The predicted molar refractivity (Wildman–Crippen MR) is 202 cm³/mol. The zero-order valence-electron chi connectivity index (χ0n) is 30.3. The van der Waals surface area contributed by atoms with Crippen LogP contribution in [-0.4, -0.2) is 102 Å². The van der Waals surface area contributed by atoms with Gasteiger partial charge in [0.25, 0.3) is 5.56 Å². The van der Waals surface area contributed by atoms with Gasteiger partial charge in [-0.15, -0.1) is 6.58 Å². The van der Waals surface area contributed by atoms with Crippen molar-refractivity contribution in [1.82, 2.24) is 34.1 Å². The van der Waals surface area contributed by atoms with Crippen molar-refractivity contribution in [2.24, 2.45) is 5.92 Å². The lowest BCUT2D eigenvalue weighted by molar-refractivity contribution is -0.138. The lowest BCUT2D eigenvalue weighted by Gasteiger charge is -2.45. The number of likely N-dealkylation sites (tertiary alicyclic amines) is 1. The summed E-state index contributed by atoms with van der Waals surface area (Å²) in [5, 5.41) is 23.4. The van der Waals surface area contributed by atoms with E-state index >= 15 is 0 Å². The van der Waals surface area contributed by atoms with Gasteiger partial charge in [0, 0.05) is 62.3 Å². The first-order valence-electron chi connectivity index (χ1n) is 18.7. The largest absolute Gasteiger partial charge is 0.481 e. The molecule has 13 nitrogen and oxygen atoms in total. The second-order valence-electron chi connectivity index (χ2n) is 15.1. The normalized spacial score (nSPS) is 21.0. The van der Waals surface area contributed by atoms with E-state index in [4.69, 9.17) is 10.1 Å². The van der Waals surface area contributed by atoms with E-state index in [0.29, 0.717) is 52.9 Å². The molecule has 2 aliphatic heterocycles. The fourth-order valence-electron chi connectivity index (χ4n) is 8.28. The van der Waals surface area contributed by atoms with Crippen molar-refractivity contribution in [2.75, 3.05) is 49.5 Å². The Bertz CT molecular complexity index is 1930. The van der Waals surface area contributed by atoms with Crippen LogP contribution in [0.2, 0.25) is 0 Å². The molecule has 0 atom stereocenters. The van der Waals surface area contributed by atoms with E-state index in [0.717, 1.165) is 57.8 Å². The first kappa shape index (κ1) is 35.8. The summed E-state index contributed by atoms with van der Waals surface area (Å²) >= 11 is 0. The molecule has 52 heavy (non-hydrogen) atoms. The number of aromatic nitrogens is 5. The first-order chi connectivity index (χ1) is 25.1. The van der Waals surface area contributed by atoms with Crippen LogP contribution in [0.25, 0.3) is 16.9 Å². The summed E-state index contributed by atoms with van der Waals surface area (Å²) in [6.07, 6.45) is 10.5. The van der Waals surface area contributed by atoms with E-state index in [1.807, 2.05) is 12.1 Å². The minimum absolute atomic E-state index is 0.250. The Morgan fingerprint density at radius 1 is 0.923 bits per heavy atom. The Morgan fingerprint density at radius 2 is 1.58 bits per heavy atom. The number of allylic oxidation sites excluding steroid dienone is 1. The SMILES string of the molecule is C=CCn1c(=O)c2cnc(Nc3ccc(N4CCN(C5CCC(N6CCC(CC(=O)O)CC6)CC5)CC4)cc3)nc2n1-c1cccc(C(C)(C)O)n1. The molecule has 4 aromatic rings. The summed E-state index contributed by atoms with van der Waals surface area (Å²) in [5.74, 6) is 0.497. The molecule has 2 saturated heterocycles. The van der Waals surface area contributed by atoms with Gasteiger partial charge in [0.2, 0.25) is 5.95 Å². The van der Waals surface area contributed by atoms with Crippen molar-refractivity contribution >= 4 is 34.3 Å². The molecule has 0 amide bonds.